The summed E-state index contributed by atoms with van der Waals surface area (Å²) in [6.45, 7) is 10.2. The van der Waals surface area contributed by atoms with Crippen LogP contribution in [-0.2, 0) is 0 Å². The van der Waals surface area contributed by atoms with Crippen LogP contribution < -0.4 is 0 Å². The zero-order valence-electron chi connectivity index (χ0n) is 9.95. The van der Waals surface area contributed by atoms with Gasteiger partial charge in [0.05, 0.1) is 6.10 Å². The maximum Gasteiger partial charge on any atom is 0.129 e. The van der Waals surface area contributed by atoms with Gasteiger partial charge in [-0.2, -0.15) is 0 Å². The average Bonchev–Trinajstić information content (AvgIpc) is 2.11. The Morgan fingerprint density at radius 3 is 2.40 bits per heavy atom. The number of hydrogen-bond acceptors (Lipinski definition) is 2. The molecule has 3 heteroatoms. The lowest BCUT2D eigenvalue weighted by Gasteiger charge is -2.16. The molecule has 0 bridgehead atoms. The lowest BCUT2D eigenvalue weighted by molar-refractivity contribution is 0.117. The normalized spacial score (nSPS) is 15.0. The van der Waals surface area contributed by atoms with Crippen LogP contribution in [0.1, 0.15) is 12.8 Å². The van der Waals surface area contributed by atoms with Crippen LogP contribution in [-0.4, -0.2) is 31.0 Å². The lowest BCUT2D eigenvalue weighted by Crippen LogP contribution is -2.20. The summed E-state index contributed by atoms with van der Waals surface area (Å²) in [5.74, 6) is 2.98. The highest BCUT2D eigenvalue weighted by molar-refractivity contribution is 6.83. The second-order valence-electron chi connectivity index (χ2n) is 4.74. The van der Waals surface area contributed by atoms with E-state index in [0.717, 1.165) is 0 Å². The van der Waals surface area contributed by atoms with Crippen LogP contribution in [0.4, 0.5) is 0 Å². The summed E-state index contributed by atoms with van der Waals surface area (Å²) < 4.78 is 0. The highest BCUT2D eigenvalue weighted by Gasteiger charge is 2.14. The van der Waals surface area contributed by atoms with Crippen LogP contribution in [0.25, 0.3) is 0 Å². The Bertz CT molecular complexity index is 245. The summed E-state index contributed by atoms with van der Waals surface area (Å²) >= 11 is 0. The van der Waals surface area contributed by atoms with Gasteiger partial charge in [-0.1, -0.05) is 25.7 Å². The molecule has 0 aromatic heterocycles. The van der Waals surface area contributed by atoms with Crippen LogP contribution in [0, 0.1) is 17.4 Å². The molecule has 0 aromatic carbocycles. The Morgan fingerprint density at radius 2 is 2.00 bits per heavy atom. The first-order chi connectivity index (χ1) is 6.90. The summed E-state index contributed by atoms with van der Waals surface area (Å²) in [6.07, 6.45) is 2.22. The zero-order valence-corrected chi connectivity index (χ0v) is 11.0. The fourth-order valence-electron chi connectivity index (χ4n) is 1.19. The van der Waals surface area contributed by atoms with Gasteiger partial charge in [-0.15, -0.1) is 18.0 Å². The maximum absolute atomic E-state index is 9.77. The van der Waals surface area contributed by atoms with Gasteiger partial charge in [0, 0.05) is 18.9 Å². The van der Waals surface area contributed by atoms with Gasteiger partial charge in [0.15, 0.2) is 0 Å². The van der Waals surface area contributed by atoms with Crippen LogP contribution >= 0.6 is 0 Å². The molecule has 0 saturated heterocycles. The Morgan fingerprint density at radius 1 is 1.40 bits per heavy atom. The summed E-state index contributed by atoms with van der Waals surface area (Å²) in [4.78, 5) is 0. The summed E-state index contributed by atoms with van der Waals surface area (Å²) in [5.41, 5.74) is 3.21. The van der Waals surface area contributed by atoms with Crippen molar-refractivity contribution in [1.29, 1.82) is 0 Å². The fourth-order valence-corrected chi connectivity index (χ4v) is 1.82. The Kier molecular flexibility index (Phi) is 6.58. The first kappa shape index (κ1) is 14.4. The fraction of sp³-hybridized carbons (Fsp3) is 0.667. The minimum atomic E-state index is -1.33. The summed E-state index contributed by atoms with van der Waals surface area (Å²) in [6, 6.07) is 0. The van der Waals surface area contributed by atoms with Gasteiger partial charge in [-0.05, 0) is 6.42 Å². The van der Waals surface area contributed by atoms with E-state index >= 15 is 0 Å². The van der Waals surface area contributed by atoms with Gasteiger partial charge in [0.25, 0.3) is 0 Å². The van der Waals surface area contributed by atoms with Crippen LogP contribution in [0.15, 0.2) is 12.7 Å². The number of rotatable bonds is 5. The number of aliphatic hydroxyl groups is 2. The van der Waals surface area contributed by atoms with E-state index in [9.17, 15) is 5.11 Å². The molecule has 0 unspecified atom stereocenters. The Labute approximate surface area is 94.0 Å². The molecule has 0 rings (SSSR count). The minimum absolute atomic E-state index is 0.0501. The molecule has 86 valence electrons. The lowest BCUT2D eigenvalue weighted by atomic mass is 9.97. The molecule has 0 saturated carbocycles. The van der Waals surface area contributed by atoms with Crippen molar-refractivity contribution in [3.8, 4) is 11.5 Å². The first-order valence-corrected chi connectivity index (χ1v) is 8.82. The topological polar surface area (TPSA) is 40.5 Å². The van der Waals surface area contributed by atoms with E-state index in [0.29, 0.717) is 12.8 Å². The SMILES string of the molecule is C=C[C@@H](CCO)[C@H](O)CC#C[Si](C)(C)C. The second kappa shape index (κ2) is 6.84. The van der Waals surface area contributed by atoms with Gasteiger partial charge < -0.3 is 10.2 Å². The first-order valence-electron chi connectivity index (χ1n) is 5.32. The Balaban J connectivity index is 4.15. The monoisotopic (exact) mass is 226 g/mol. The van der Waals surface area contributed by atoms with E-state index in [1.165, 1.54) is 0 Å². The van der Waals surface area contributed by atoms with Crippen molar-refractivity contribution in [3.05, 3.63) is 12.7 Å². The van der Waals surface area contributed by atoms with Crippen LogP contribution in [0.3, 0.4) is 0 Å². The maximum atomic E-state index is 9.77. The van der Waals surface area contributed by atoms with Crippen LogP contribution in [0.2, 0.25) is 19.6 Å². The highest BCUT2D eigenvalue weighted by Crippen LogP contribution is 2.12. The highest BCUT2D eigenvalue weighted by atomic mass is 28.3. The molecule has 0 aliphatic carbocycles. The molecule has 2 N–H and O–H groups in total. The third-order valence-electron chi connectivity index (χ3n) is 2.03. The molecule has 2 nitrogen and oxygen atoms in total. The largest absolute Gasteiger partial charge is 0.396 e. The van der Waals surface area contributed by atoms with E-state index in [2.05, 4.69) is 37.7 Å². The predicted molar refractivity (Wildman–Crippen MR) is 67.1 cm³/mol. The quantitative estimate of drug-likeness (QED) is 0.426. The van der Waals surface area contributed by atoms with Gasteiger partial charge in [-0.25, -0.2) is 0 Å². The van der Waals surface area contributed by atoms with Gasteiger partial charge >= 0.3 is 0 Å². The molecule has 15 heavy (non-hydrogen) atoms. The minimum Gasteiger partial charge on any atom is -0.396 e. The predicted octanol–water partition coefficient (Wildman–Crippen LogP) is 1.80. The molecular formula is C12H22O2Si. The van der Waals surface area contributed by atoms with Crippen molar-refractivity contribution in [3.63, 3.8) is 0 Å². The van der Waals surface area contributed by atoms with Crippen LogP contribution in [0.5, 0.6) is 0 Å². The number of aliphatic hydroxyl groups excluding tert-OH is 2. The number of hydrogen-bond donors (Lipinski definition) is 2. The summed E-state index contributed by atoms with van der Waals surface area (Å²) in [5, 5.41) is 18.6. The molecule has 0 heterocycles. The van der Waals surface area contributed by atoms with Crippen molar-refractivity contribution in [2.24, 2.45) is 5.92 Å². The van der Waals surface area contributed by atoms with Crippen molar-refractivity contribution in [1.82, 2.24) is 0 Å². The molecule has 0 aliphatic heterocycles. The van der Waals surface area contributed by atoms with Crippen molar-refractivity contribution < 1.29 is 10.2 Å². The van der Waals surface area contributed by atoms with Gasteiger partial charge in [-0.3, -0.25) is 0 Å². The molecule has 0 aromatic rings. The van der Waals surface area contributed by atoms with Crippen molar-refractivity contribution in [2.45, 2.75) is 38.6 Å². The summed E-state index contributed by atoms with van der Waals surface area (Å²) in [7, 11) is -1.33. The van der Waals surface area contributed by atoms with Crippen molar-refractivity contribution >= 4 is 8.07 Å². The smallest absolute Gasteiger partial charge is 0.129 e. The molecule has 0 aliphatic rings. The zero-order chi connectivity index (χ0) is 11.9. The van der Waals surface area contributed by atoms with Gasteiger partial charge in [0.2, 0.25) is 0 Å². The Hall–Kier alpha value is -0.563. The molecule has 0 fully saturated rings. The van der Waals surface area contributed by atoms with Crippen molar-refractivity contribution in [2.75, 3.05) is 6.61 Å². The molecule has 0 radical (unpaired) electrons. The molecule has 0 spiro atoms. The second-order valence-corrected chi connectivity index (χ2v) is 9.49. The van der Waals surface area contributed by atoms with E-state index < -0.39 is 14.2 Å². The van der Waals surface area contributed by atoms with E-state index in [1.54, 1.807) is 6.08 Å². The molecular weight excluding hydrogens is 204 g/mol. The third kappa shape index (κ3) is 7.38. The molecule has 0 amide bonds. The molecule has 2 atom stereocenters. The van der Waals surface area contributed by atoms with E-state index in [1.807, 2.05) is 0 Å². The third-order valence-corrected chi connectivity index (χ3v) is 2.96. The average molecular weight is 226 g/mol. The van der Waals surface area contributed by atoms with E-state index in [4.69, 9.17) is 5.11 Å². The standard InChI is InChI=1S/C12H22O2Si/c1-5-11(8-9-13)12(14)7-6-10-15(2,3)4/h5,11-14H,1,7-9H2,2-4H3/t11-,12+/m0/s1. The van der Waals surface area contributed by atoms with E-state index in [-0.39, 0.29) is 12.5 Å². The van der Waals surface area contributed by atoms with Gasteiger partial charge in [0.1, 0.15) is 8.07 Å².